The minimum absolute atomic E-state index is 0.0680. The maximum absolute atomic E-state index is 11.7. The smallest absolute Gasteiger partial charge is 0.306 e. The standard InChI is InChI=1S/C17H24N2O2/c1-2-21-17(20)12-14-4-3-13-11-15(5-6-16(13)14)19-9-7-18-8-10-19/h5-6,11,14,18H,2-4,7-10,12H2,1H3. The number of carbonyl (C=O) groups is 1. The Kier molecular flexibility index (Phi) is 4.44. The number of piperazine rings is 1. The highest BCUT2D eigenvalue weighted by Crippen LogP contribution is 2.37. The Labute approximate surface area is 126 Å². The van der Waals surface area contributed by atoms with Crippen LogP contribution in [-0.2, 0) is 16.0 Å². The van der Waals surface area contributed by atoms with E-state index in [-0.39, 0.29) is 5.97 Å². The molecule has 0 bridgehead atoms. The Bertz CT molecular complexity index is 510. The molecule has 4 heteroatoms. The van der Waals surface area contributed by atoms with Crippen LogP contribution in [0.2, 0.25) is 0 Å². The summed E-state index contributed by atoms with van der Waals surface area (Å²) in [4.78, 5) is 14.1. The molecule has 0 amide bonds. The van der Waals surface area contributed by atoms with Crippen molar-refractivity contribution in [3.63, 3.8) is 0 Å². The highest BCUT2D eigenvalue weighted by atomic mass is 16.5. The molecule has 1 saturated heterocycles. The molecule has 2 aliphatic rings. The van der Waals surface area contributed by atoms with Crippen molar-refractivity contribution in [2.45, 2.75) is 32.1 Å². The highest BCUT2D eigenvalue weighted by Gasteiger charge is 2.26. The molecule has 1 unspecified atom stereocenters. The maximum Gasteiger partial charge on any atom is 0.306 e. The van der Waals surface area contributed by atoms with E-state index in [4.69, 9.17) is 4.74 Å². The quantitative estimate of drug-likeness (QED) is 0.861. The van der Waals surface area contributed by atoms with Crippen LogP contribution in [0, 0.1) is 0 Å². The summed E-state index contributed by atoms with van der Waals surface area (Å²) in [6.45, 7) is 6.60. The first-order chi connectivity index (χ1) is 10.3. The Hall–Kier alpha value is -1.55. The summed E-state index contributed by atoms with van der Waals surface area (Å²) in [5, 5.41) is 3.38. The third-order valence-electron chi connectivity index (χ3n) is 4.53. The number of rotatable bonds is 4. The molecule has 0 radical (unpaired) electrons. The van der Waals surface area contributed by atoms with Crippen LogP contribution >= 0.6 is 0 Å². The van der Waals surface area contributed by atoms with Crippen molar-refractivity contribution >= 4 is 11.7 Å². The minimum Gasteiger partial charge on any atom is -0.466 e. The fourth-order valence-electron chi connectivity index (χ4n) is 3.45. The lowest BCUT2D eigenvalue weighted by Gasteiger charge is -2.30. The van der Waals surface area contributed by atoms with Crippen LogP contribution in [0.25, 0.3) is 0 Å². The first kappa shape index (κ1) is 14.4. The highest BCUT2D eigenvalue weighted by molar-refractivity contribution is 5.71. The van der Waals surface area contributed by atoms with Gasteiger partial charge < -0.3 is 15.0 Å². The number of benzene rings is 1. The molecule has 114 valence electrons. The van der Waals surface area contributed by atoms with Gasteiger partial charge in [0.1, 0.15) is 0 Å². The zero-order valence-electron chi connectivity index (χ0n) is 12.7. The molecule has 0 aromatic heterocycles. The number of carbonyl (C=O) groups excluding carboxylic acids is 1. The van der Waals surface area contributed by atoms with Gasteiger partial charge in [-0.1, -0.05) is 6.07 Å². The normalized spacial score (nSPS) is 21.2. The first-order valence-corrected chi connectivity index (χ1v) is 8.02. The fourth-order valence-corrected chi connectivity index (χ4v) is 3.45. The number of aryl methyl sites for hydroxylation is 1. The largest absolute Gasteiger partial charge is 0.466 e. The van der Waals surface area contributed by atoms with Crippen LogP contribution in [0.4, 0.5) is 5.69 Å². The second-order valence-electron chi connectivity index (χ2n) is 5.86. The molecule has 1 aromatic rings. The molecule has 1 aromatic carbocycles. The van der Waals surface area contributed by atoms with E-state index in [1.807, 2.05) is 6.92 Å². The van der Waals surface area contributed by atoms with E-state index in [0.29, 0.717) is 18.9 Å². The molecule has 21 heavy (non-hydrogen) atoms. The SMILES string of the molecule is CCOC(=O)CC1CCc2cc(N3CCNCC3)ccc21. The topological polar surface area (TPSA) is 41.6 Å². The molecule has 1 aliphatic carbocycles. The maximum atomic E-state index is 11.7. The first-order valence-electron chi connectivity index (χ1n) is 8.02. The number of esters is 1. The molecule has 1 atom stereocenters. The Morgan fingerprint density at radius 3 is 2.95 bits per heavy atom. The molecular weight excluding hydrogens is 264 g/mol. The van der Waals surface area contributed by atoms with E-state index < -0.39 is 0 Å². The average Bonchev–Trinajstić information content (AvgIpc) is 2.91. The van der Waals surface area contributed by atoms with Gasteiger partial charge in [-0.2, -0.15) is 0 Å². The zero-order valence-corrected chi connectivity index (χ0v) is 12.7. The Morgan fingerprint density at radius 2 is 2.19 bits per heavy atom. The summed E-state index contributed by atoms with van der Waals surface area (Å²) in [5.41, 5.74) is 4.09. The molecule has 1 heterocycles. The lowest BCUT2D eigenvalue weighted by molar-refractivity contribution is -0.143. The number of nitrogens with zero attached hydrogens (tertiary/aromatic N) is 1. The summed E-state index contributed by atoms with van der Waals surface area (Å²) in [7, 11) is 0. The van der Waals surface area contributed by atoms with Crippen molar-refractivity contribution in [2.75, 3.05) is 37.7 Å². The van der Waals surface area contributed by atoms with Gasteiger partial charge in [0, 0.05) is 31.9 Å². The van der Waals surface area contributed by atoms with Crippen LogP contribution in [0.15, 0.2) is 18.2 Å². The zero-order chi connectivity index (χ0) is 14.7. The monoisotopic (exact) mass is 288 g/mol. The van der Waals surface area contributed by atoms with E-state index in [1.165, 1.54) is 16.8 Å². The molecular formula is C17H24N2O2. The van der Waals surface area contributed by atoms with Gasteiger partial charge in [-0.05, 0) is 48.9 Å². The van der Waals surface area contributed by atoms with Crippen molar-refractivity contribution in [3.8, 4) is 0 Å². The summed E-state index contributed by atoms with van der Waals surface area (Å²) in [6.07, 6.45) is 2.67. The second-order valence-corrected chi connectivity index (χ2v) is 5.86. The van der Waals surface area contributed by atoms with Crippen molar-refractivity contribution in [2.24, 2.45) is 0 Å². The lowest BCUT2D eigenvalue weighted by Crippen LogP contribution is -2.43. The van der Waals surface area contributed by atoms with E-state index in [2.05, 4.69) is 28.4 Å². The van der Waals surface area contributed by atoms with Crippen LogP contribution < -0.4 is 10.2 Å². The number of anilines is 1. The van der Waals surface area contributed by atoms with Crippen LogP contribution in [0.5, 0.6) is 0 Å². The number of ether oxygens (including phenoxy) is 1. The van der Waals surface area contributed by atoms with Gasteiger partial charge in [0.15, 0.2) is 0 Å². The minimum atomic E-state index is -0.0680. The van der Waals surface area contributed by atoms with Gasteiger partial charge in [-0.25, -0.2) is 0 Å². The molecule has 0 spiro atoms. The van der Waals surface area contributed by atoms with Gasteiger partial charge in [0.05, 0.1) is 13.0 Å². The number of nitrogens with one attached hydrogen (secondary N) is 1. The van der Waals surface area contributed by atoms with Gasteiger partial charge >= 0.3 is 5.97 Å². The van der Waals surface area contributed by atoms with Crippen LogP contribution in [0.1, 0.15) is 36.8 Å². The van der Waals surface area contributed by atoms with Crippen LogP contribution in [0.3, 0.4) is 0 Å². The molecule has 3 rings (SSSR count). The molecule has 1 aliphatic heterocycles. The van der Waals surface area contributed by atoms with E-state index in [9.17, 15) is 4.79 Å². The third-order valence-corrected chi connectivity index (χ3v) is 4.53. The molecule has 1 fully saturated rings. The third kappa shape index (κ3) is 3.21. The summed E-state index contributed by atoms with van der Waals surface area (Å²) in [5.74, 6) is 0.276. The van der Waals surface area contributed by atoms with E-state index in [1.54, 1.807) is 0 Å². The predicted octanol–water partition coefficient (Wildman–Crippen LogP) is 2.08. The van der Waals surface area contributed by atoms with E-state index in [0.717, 1.165) is 39.0 Å². The Morgan fingerprint density at radius 1 is 1.38 bits per heavy atom. The van der Waals surface area contributed by atoms with Gasteiger partial charge in [-0.15, -0.1) is 0 Å². The fraction of sp³-hybridized carbons (Fsp3) is 0.588. The van der Waals surface area contributed by atoms with E-state index >= 15 is 0 Å². The van der Waals surface area contributed by atoms with Gasteiger partial charge in [-0.3, -0.25) is 4.79 Å². The van der Waals surface area contributed by atoms with Gasteiger partial charge in [0.25, 0.3) is 0 Å². The number of hydrogen-bond acceptors (Lipinski definition) is 4. The van der Waals surface area contributed by atoms with Crippen LogP contribution in [-0.4, -0.2) is 38.8 Å². The summed E-state index contributed by atoms with van der Waals surface area (Å²) >= 11 is 0. The summed E-state index contributed by atoms with van der Waals surface area (Å²) < 4.78 is 5.08. The Balaban J connectivity index is 1.71. The number of fused-ring (bicyclic) bond motifs is 1. The van der Waals surface area contributed by atoms with Crippen molar-refractivity contribution < 1.29 is 9.53 Å². The summed E-state index contributed by atoms with van der Waals surface area (Å²) in [6, 6.07) is 6.77. The average molecular weight is 288 g/mol. The van der Waals surface area contributed by atoms with Gasteiger partial charge in [0.2, 0.25) is 0 Å². The molecule has 4 nitrogen and oxygen atoms in total. The lowest BCUT2D eigenvalue weighted by atomic mass is 9.97. The second kappa shape index (κ2) is 6.48. The molecule has 0 saturated carbocycles. The molecule has 1 N–H and O–H groups in total. The van der Waals surface area contributed by atoms with Crippen molar-refractivity contribution in [3.05, 3.63) is 29.3 Å². The van der Waals surface area contributed by atoms with Crippen molar-refractivity contribution in [1.29, 1.82) is 0 Å². The van der Waals surface area contributed by atoms with Crippen molar-refractivity contribution in [1.82, 2.24) is 5.32 Å². The number of hydrogen-bond donors (Lipinski definition) is 1. The predicted molar refractivity (Wildman–Crippen MR) is 83.8 cm³/mol.